The summed E-state index contributed by atoms with van der Waals surface area (Å²) in [5.41, 5.74) is 0. The normalized spacial score (nSPS) is 11.4. The smallest absolute Gasteiger partial charge is 0.329 e. The van der Waals surface area contributed by atoms with Crippen LogP contribution in [0.1, 0.15) is 66.2 Å². The lowest BCUT2D eigenvalue weighted by molar-refractivity contribution is -0.137. The average molecular weight is 299 g/mol. The fourth-order valence-electron chi connectivity index (χ4n) is 2.81. The lowest BCUT2D eigenvalue weighted by atomic mass is 10.4. The molecule has 0 aromatic heterocycles. The maximum Gasteiger partial charge on any atom is 0.329 e. The van der Waals surface area contributed by atoms with Crippen LogP contribution in [0.5, 0.6) is 0 Å². The second-order valence-corrected chi connectivity index (χ2v) is 10.5. The molecular formula is C17H34O2Si. The molecule has 0 fully saturated rings. The van der Waals surface area contributed by atoms with Crippen molar-refractivity contribution in [2.45, 2.75) is 84.4 Å². The van der Waals surface area contributed by atoms with Gasteiger partial charge in [-0.25, -0.2) is 4.79 Å². The number of hydrogen-bond donors (Lipinski definition) is 0. The standard InChI is InChI=1S/C17H34O2Si/c1-6-10-13-20(14-11-7-2,15-12-8-3)16(5)17(18)19-9-4/h5-15H2,1-4H3. The van der Waals surface area contributed by atoms with Crippen molar-refractivity contribution in [2.24, 2.45) is 0 Å². The van der Waals surface area contributed by atoms with Gasteiger partial charge in [-0.3, -0.25) is 0 Å². The Kier molecular flexibility index (Phi) is 10.8. The van der Waals surface area contributed by atoms with E-state index in [2.05, 4.69) is 27.4 Å². The summed E-state index contributed by atoms with van der Waals surface area (Å²) < 4.78 is 5.25. The Bertz CT molecular complexity index is 265. The summed E-state index contributed by atoms with van der Waals surface area (Å²) in [6.07, 6.45) is 7.25. The van der Waals surface area contributed by atoms with Crippen LogP contribution < -0.4 is 0 Å². The molecular weight excluding hydrogens is 264 g/mol. The van der Waals surface area contributed by atoms with Crippen molar-refractivity contribution < 1.29 is 9.53 Å². The molecule has 0 aromatic carbocycles. The molecule has 0 bridgehead atoms. The van der Waals surface area contributed by atoms with Crippen LogP contribution in [0.25, 0.3) is 0 Å². The Morgan fingerprint density at radius 2 is 1.30 bits per heavy atom. The van der Waals surface area contributed by atoms with Gasteiger partial charge < -0.3 is 4.74 Å². The summed E-state index contributed by atoms with van der Waals surface area (Å²) in [6, 6.07) is 3.63. The van der Waals surface area contributed by atoms with Gasteiger partial charge in [-0.05, 0) is 6.92 Å². The highest BCUT2D eigenvalue weighted by Gasteiger charge is 2.38. The molecule has 3 heteroatoms. The Balaban J connectivity index is 5.09. The number of unbranched alkanes of at least 4 members (excludes halogenated alkanes) is 3. The van der Waals surface area contributed by atoms with Crippen molar-refractivity contribution in [3.63, 3.8) is 0 Å². The topological polar surface area (TPSA) is 26.3 Å². The second kappa shape index (κ2) is 11.1. The van der Waals surface area contributed by atoms with Crippen molar-refractivity contribution in [1.29, 1.82) is 0 Å². The molecule has 118 valence electrons. The molecule has 0 rings (SSSR count). The van der Waals surface area contributed by atoms with Crippen molar-refractivity contribution in [1.82, 2.24) is 0 Å². The van der Waals surface area contributed by atoms with Crippen LogP contribution in [0.3, 0.4) is 0 Å². The van der Waals surface area contributed by atoms with E-state index in [9.17, 15) is 4.79 Å². The summed E-state index contributed by atoms with van der Waals surface area (Å²) in [4.78, 5) is 12.2. The van der Waals surface area contributed by atoms with Gasteiger partial charge in [-0.2, -0.15) is 0 Å². The number of carbonyl (C=O) groups excluding carboxylic acids is 1. The van der Waals surface area contributed by atoms with E-state index in [4.69, 9.17) is 4.74 Å². The van der Waals surface area contributed by atoms with Crippen molar-refractivity contribution in [3.05, 3.63) is 11.8 Å². The molecule has 20 heavy (non-hydrogen) atoms. The predicted octanol–water partition coefficient (Wildman–Crippen LogP) is 5.49. The van der Waals surface area contributed by atoms with E-state index in [1.807, 2.05) is 6.92 Å². The van der Waals surface area contributed by atoms with Crippen LogP contribution in [0.2, 0.25) is 18.1 Å². The van der Waals surface area contributed by atoms with E-state index in [-0.39, 0.29) is 5.97 Å². The maximum atomic E-state index is 12.2. The van der Waals surface area contributed by atoms with E-state index in [1.165, 1.54) is 56.7 Å². The third kappa shape index (κ3) is 6.25. The largest absolute Gasteiger partial charge is 0.463 e. The van der Waals surface area contributed by atoms with Gasteiger partial charge in [-0.15, -0.1) is 0 Å². The minimum Gasteiger partial charge on any atom is -0.463 e. The Morgan fingerprint density at radius 3 is 1.60 bits per heavy atom. The molecule has 0 N–H and O–H groups in total. The van der Waals surface area contributed by atoms with Gasteiger partial charge in [0.05, 0.1) is 14.7 Å². The number of esters is 1. The van der Waals surface area contributed by atoms with E-state index < -0.39 is 8.07 Å². The number of rotatable bonds is 12. The first-order valence-corrected chi connectivity index (χ1v) is 11.1. The maximum absolute atomic E-state index is 12.2. The SMILES string of the molecule is C=C(C(=O)OCC)[Si](CCCC)(CCCC)CCCC. The molecule has 0 spiro atoms. The van der Waals surface area contributed by atoms with E-state index in [0.717, 1.165) is 5.20 Å². The fourth-order valence-corrected chi connectivity index (χ4v) is 8.06. The second-order valence-electron chi connectivity index (χ2n) is 5.79. The summed E-state index contributed by atoms with van der Waals surface area (Å²) in [7, 11) is -1.73. The van der Waals surface area contributed by atoms with Crippen LogP contribution in [-0.2, 0) is 9.53 Å². The van der Waals surface area contributed by atoms with Gasteiger partial charge in [0.2, 0.25) is 0 Å². The highest BCUT2D eigenvalue weighted by molar-refractivity contribution is 6.90. The van der Waals surface area contributed by atoms with Crippen molar-refractivity contribution in [2.75, 3.05) is 6.61 Å². The summed E-state index contributed by atoms with van der Waals surface area (Å²) >= 11 is 0. The van der Waals surface area contributed by atoms with Crippen LogP contribution >= 0.6 is 0 Å². The van der Waals surface area contributed by atoms with Gasteiger partial charge in [-0.1, -0.05) is 84.0 Å². The molecule has 0 saturated heterocycles. The zero-order valence-corrected chi connectivity index (χ0v) is 15.1. The molecule has 0 radical (unpaired) electrons. The number of carbonyl (C=O) groups is 1. The van der Waals surface area contributed by atoms with Gasteiger partial charge in [0.25, 0.3) is 0 Å². The van der Waals surface area contributed by atoms with Crippen LogP contribution in [0.4, 0.5) is 0 Å². The zero-order chi connectivity index (χ0) is 15.4. The van der Waals surface area contributed by atoms with Gasteiger partial charge in [0, 0.05) is 5.20 Å². The minimum absolute atomic E-state index is 0.123. The Hall–Kier alpha value is -0.573. The summed E-state index contributed by atoms with van der Waals surface area (Å²) in [5, 5.41) is 0.856. The fraction of sp³-hybridized carbons (Fsp3) is 0.824. The molecule has 0 aromatic rings. The quantitative estimate of drug-likeness (QED) is 0.270. The van der Waals surface area contributed by atoms with E-state index in [0.29, 0.717) is 6.61 Å². The zero-order valence-electron chi connectivity index (χ0n) is 14.1. The summed E-state index contributed by atoms with van der Waals surface area (Å²) in [5.74, 6) is -0.123. The highest BCUT2D eigenvalue weighted by Crippen LogP contribution is 2.34. The van der Waals surface area contributed by atoms with E-state index >= 15 is 0 Å². The number of hydrogen-bond acceptors (Lipinski definition) is 2. The molecule has 0 aliphatic heterocycles. The molecule has 2 nitrogen and oxygen atoms in total. The van der Waals surface area contributed by atoms with Crippen LogP contribution in [0.15, 0.2) is 11.8 Å². The molecule has 0 unspecified atom stereocenters. The first-order valence-electron chi connectivity index (χ1n) is 8.44. The lowest BCUT2D eigenvalue weighted by Crippen LogP contribution is -2.40. The van der Waals surface area contributed by atoms with Gasteiger partial charge in [0.15, 0.2) is 0 Å². The molecule has 0 aliphatic rings. The Morgan fingerprint density at radius 1 is 0.900 bits per heavy atom. The minimum atomic E-state index is -1.73. The third-order valence-electron chi connectivity index (χ3n) is 4.19. The molecule has 0 heterocycles. The third-order valence-corrected chi connectivity index (χ3v) is 9.61. The first-order chi connectivity index (χ1) is 9.57. The average Bonchev–Trinajstić information content (AvgIpc) is 2.46. The van der Waals surface area contributed by atoms with Crippen molar-refractivity contribution in [3.8, 4) is 0 Å². The predicted molar refractivity (Wildman–Crippen MR) is 90.7 cm³/mol. The first kappa shape index (κ1) is 19.4. The van der Waals surface area contributed by atoms with Crippen LogP contribution in [0, 0.1) is 0 Å². The van der Waals surface area contributed by atoms with Crippen LogP contribution in [-0.4, -0.2) is 20.7 Å². The molecule has 0 amide bonds. The Labute approximate surface area is 127 Å². The molecule has 0 aliphatic carbocycles. The van der Waals surface area contributed by atoms with E-state index in [1.54, 1.807) is 0 Å². The van der Waals surface area contributed by atoms with Crippen molar-refractivity contribution >= 4 is 14.0 Å². The highest BCUT2D eigenvalue weighted by atomic mass is 28.3. The lowest BCUT2D eigenvalue weighted by Gasteiger charge is -2.33. The molecule has 0 atom stereocenters. The monoisotopic (exact) mass is 298 g/mol. The summed E-state index contributed by atoms with van der Waals surface area (Å²) in [6.45, 7) is 13.2. The molecule has 0 saturated carbocycles. The number of ether oxygens (including phenoxy) is 1. The van der Waals surface area contributed by atoms with Gasteiger partial charge >= 0.3 is 5.97 Å². The van der Waals surface area contributed by atoms with Gasteiger partial charge in [0.1, 0.15) is 0 Å².